The number of nitrogens with one attached hydrogen (secondary N) is 4. The second kappa shape index (κ2) is 6.69. The Bertz CT molecular complexity index is 1000. The first-order chi connectivity index (χ1) is 13.1. The highest BCUT2D eigenvalue weighted by Crippen LogP contribution is 2.35. The molecule has 0 saturated carbocycles. The number of hydrogen-bond donors (Lipinski definition) is 5. The van der Waals surface area contributed by atoms with Crippen molar-refractivity contribution in [2.24, 2.45) is 5.92 Å². The predicted octanol–water partition coefficient (Wildman–Crippen LogP) is -2.95. The highest BCUT2D eigenvalue weighted by Gasteiger charge is 2.51. The molecule has 13 heteroatoms. The lowest BCUT2D eigenvalue weighted by Gasteiger charge is -2.42. The minimum atomic E-state index is -4.83. The van der Waals surface area contributed by atoms with Gasteiger partial charge in [0, 0.05) is 24.8 Å². The number of aromatic amines is 2. The third-order valence-electron chi connectivity index (χ3n) is 5.76. The van der Waals surface area contributed by atoms with Crippen LogP contribution in [0, 0.1) is 5.92 Å². The number of aromatic nitrogens is 2. The van der Waals surface area contributed by atoms with E-state index in [-0.39, 0.29) is 23.7 Å². The Morgan fingerprint density at radius 2 is 2.07 bits per heavy atom. The van der Waals surface area contributed by atoms with Crippen molar-refractivity contribution < 1.29 is 26.8 Å². The predicted molar refractivity (Wildman–Crippen MR) is 93.4 cm³/mol. The van der Waals surface area contributed by atoms with Gasteiger partial charge in [-0.25, -0.2) is 13.2 Å². The van der Waals surface area contributed by atoms with Crippen LogP contribution in [0.4, 0.5) is 0 Å². The molecule has 1 saturated heterocycles. The van der Waals surface area contributed by atoms with E-state index in [0.29, 0.717) is 25.3 Å². The van der Waals surface area contributed by atoms with Crippen molar-refractivity contribution in [2.45, 2.75) is 50.1 Å². The lowest BCUT2D eigenvalue weighted by Crippen LogP contribution is -2.60. The first kappa shape index (κ1) is 19.1. The summed E-state index contributed by atoms with van der Waals surface area (Å²) >= 11 is 0. The van der Waals surface area contributed by atoms with Gasteiger partial charge in [0.1, 0.15) is 18.2 Å². The van der Waals surface area contributed by atoms with Gasteiger partial charge in [0.25, 0.3) is 5.56 Å². The van der Waals surface area contributed by atoms with Gasteiger partial charge in [-0.2, -0.15) is 0 Å². The summed E-state index contributed by atoms with van der Waals surface area (Å²) in [4.78, 5) is 27.5. The minimum absolute atomic E-state index is 0.0644. The number of aliphatic hydroxyl groups is 1. The van der Waals surface area contributed by atoms with Gasteiger partial charge in [0.05, 0.1) is 24.4 Å². The summed E-state index contributed by atoms with van der Waals surface area (Å²) in [6.07, 6.45) is -1.25. The van der Waals surface area contributed by atoms with Crippen molar-refractivity contribution in [3.63, 3.8) is 0 Å². The largest absolute Gasteiger partial charge is 0.726 e. The van der Waals surface area contributed by atoms with Gasteiger partial charge in [-0.05, 0) is 0 Å². The van der Waals surface area contributed by atoms with Crippen molar-refractivity contribution in [3.8, 4) is 0 Å². The fraction of sp³-hybridized carbons (Fsp3) is 0.667. The van der Waals surface area contributed by atoms with Gasteiger partial charge in [-0.1, -0.05) is 6.92 Å². The number of rotatable bonds is 4. The van der Waals surface area contributed by atoms with Crippen LogP contribution in [0.3, 0.4) is 0 Å². The third-order valence-corrected chi connectivity index (χ3v) is 6.24. The van der Waals surface area contributed by atoms with Crippen LogP contribution in [-0.2, 0) is 14.6 Å². The maximum Gasteiger partial charge on any atom is 0.346 e. The van der Waals surface area contributed by atoms with E-state index in [2.05, 4.69) is 20.2 Å². The minimum Gasteiger partial charge on any atom is -0.726 e. The Kier molecular flexibility index (Phi) is 4.56. The van der Waals surface area contributed by atoms with E-state index in [1.807, 2.05) is 11.9 Å². The molecule has 3 unspecified atom stereocenters. The third kappa shape index (κ3) is 3.45. The zero-order chi connectivity index (χ0) is 20.2. The van der Waals surface area contributed by atoms with Crippen LogP contribution in [0.25, 0.3) is 0 Å². The summed E-state index contributed by atoms with van der Waals surface area (Å²) in [5.41, 5.74) is -1.26. The second-order valence-electron chi connectivity index (χ2n) is 7.47. The summed E-state index contributed by atoms with van der Waals surface area (Å²) in [6.45, 7) is 2.37. The molecule has 1 aromatic heterocycles. The quantitative estimate of drug-likeness (QED) is 0.195. The second-order valence-corrected chi connectivity index (χ2v) is 8.48. The van der Waals surface area contributed by atoms with E-state index < -0.39 is 39.9 Å². The van der Waals surface area contributed by atoms with Crippen LogP contribution >= 0.6 is 0 Å². The van der Waals surface area contributed by atoms with Crippen LogP contribution in [-0.4, -0.2) is 69.4 Å². The van der Waals surface area contributed by atoms with Gasteiger partial charge >= 0.3 is 11.6 Å². The summed E-state index contributed by atoms with van der Waals surface area (Å²) in [5, 5.41) is 17.1. The summed E-state index contributed by atoms with van der Waals surface area (Å²) in [7, 11) is -4.83. The fourth-order valence-electron chi connectivity index (χ4n) is 4.51. The molecule has 0 aromatic carbocycles. The molecular weight excluding hydrogens is 394 g/mol. The molecule has 3 aliphatic rings. The van der Waals surface area contributed by atoms with Crippen LogP contribution in [0.5, 0.6) is 0 Å². The number of nitrogens with zero attached hydrogens (tertiary/aromatic N) is 1. The highest BCUT2D eigenvalue weighted by molar-refractivity contribution is 7.80. The lowest BCUT2D eigenvalue weighted by molar-refractivity contribution is -0.621. The number of piperidine rings is 1. The molecule has 0 radical (unpaired) electrons. The van der Waals surface area contributed by atoms with E-state index in [9.17, 15) is 27.7 Å². The normalized spacial score (nSPS) is 33.0. The van der Waals surface area contributed by atoms with Crippen molar-refractivity contribution in [2.75, 3.05) is 6.54 Å². The first-order valence-corrected chi connectivity index (χ1v) is 10.3. The maximum absolute atomic E-state index is 11.5. The molecule has 4 rings (SSSR count). The smallest absolute Gasteiger partial charge is 0.346 e. The Balaban J connectivity index is 1.61. The van der Waals surface area contributed by atoms with E-state index in [4.69, 9.17) is 4.18 Å². The Morgan fingerprint density at radius 1 is 1.32 bits per heavy atom. The Labute approximate surface area is 159 Å². The molecule has 0 amide bonds. The van der Waals surface area contributed by atoms with Crippen LogP contribution in [0.2, 0.25) is 0 Å². The molecule has 1 fully saturated rings. The highest BCUT2D eigenvalue weighted by atomic mass is 32.3. The standard InChI is InChI=1S/C15H21N5O7S/c1-6-10-5-16-14-17-8(13(22)9-4-12(21)19-15(23)18-9)2-7(20(10)14)3-11(6)27-28(24,25)26/h4,6-8,10-11,13,22H,2-3,5H2,1H3,(H4,16,17,18,19,21,23,24,25,26)/t6-,7?,8?,10?,11+,13+/m1/s1. The Morgan fingerprint density at radius 3 is 2.75 bits per heavy atom. The van der Waals surface area contributed by atoms with E-state index in [1.54, 1.807) is 0 Å². The van der Waals surface area contributed by atoms with Gasteiger partial charge in [0.15, 0.2) is 0 Å². The first-order valence-electron chi connectivity index (χ1n) is 8.94. The van der Waals surface area contributed by atoms with E-state index >= 15 is 0 Å². The molecule has 0 spiro atoms. The van der Waals surface area contributed by atoms with Gasteiger partial charge in [-0.15, -0.1) is 0 Å². The molecule has 1 aromatic rings. The van der Waals surface area contributed by atoms with Gasteiger partial charge < -0.3 is 14.6 Å². The molecule has 6 atom stereocenters. The van der Waals surface area contributed by atoms with Crippen molar-refractivity contribution in [1.29, 1.82) is 0 Å². The number of hydrogen-bond acceptors (Lipinski definition) is 9. The molecule has 0 bridgehead atoms. The van der Waals surface area contributed by atoms with Gasteiger partial charge in [-0.3, -0.25) is 29.2 Å². The number of aliphatic hydroxyl groups excluding tert-OH is 1. The molecular formula is C15H21N5O7S. The Hall–Kier alpha value is -2.22. The SMILES string of the molecule is C[C@@H]1C2CNC3=[N+]2C(CC([C@H](O)c2cc(=O)[nH]c(=O)[nH]2)N3)C[C@@H]1OS(=O)(=O)[O-]. The van der Waals surface area contributed by atoms with Crippen molar-refractivity contribution in [3.05, 3.63) is 32.6 Å². The van der Waals surface area contributed by atoms with Crippen LogP contribution < -0.4 is 21.9 Å². The molecule has 3 aliphatic heterocycles. The van der Waals surface area contributed by atoms with Crippen molar-refractivity contribution >= 4 is 16.4 Å². The van der Waals surface area contributed by atoms with E-state index in [0.717, 1.165) is 6.07 Å². The summed E-state index contributed by atoms with van der Waals surface area (Å²) < 4.78 is 40.2. The molecule has 12 nitrogen and oxygen atoms in total. The molecule has 4 heterocycles. The van der Waals surface area contributed by atoms with Crippen LogP contribution in [0.1, 0.15) is 31.6 Å². The molecule has 5 N–H and O–H groups in total. The monoisotopic (exact) mass is 415 g/mol. The summed E-state index contributed by atoms with van der Waals surface area (Å²) in [5.74, 6) is 0.491. The molecule has 154 valence electrons. The van der Waals surface area contributed by atoms with E-state index in [1.165, 1.54) is 0 Å². The zero-order valence-corrected chi connectivity index (χ0v) is 15.7. The number of H-pyrrole nitrogens is 2. The zero-order valence-electron chi connectivity index (χ0n) is 14.9. The molecule has 28 heavy (non-hydrogen) atoms. The fourth-order valence-corrected chi connectivity index (χ4v) is 5.06. The average molecular weight is 415 g/mol. The van der Waals surface area contributed by atoms with Crippen LogP contribution in [0.15, 0.2) is 15.7 Å². The van der Waals surface area contributed by atoms with Gasteiger partial charge in [0.2, 0.25) is 10.4 Å². The lowest BCUT2D eigenvalue weighted by atomic mass is 9.82. The topological polar surface area (TPSA) is 179 Å². The maximum atomic E-state index is 11.5. The average Bonchev–Trinajstić information content (AvgIpc) is 3.01. The summed E-state index contributed by atoms with van der Waals surface area (Å²) in [6, 6.07) is 0.324. The van der Waals surface area contributed by atoms with Crippen molar-refractivity contribution in [1.82, 2.24) is 20.6 Å². The number of guanidine groups is 1. The molecule has 0 aliphatic carbocycles.